The van der Waals surface area contributed by atoms with Gasteiger partial charge in [-0.25, -0.2) is 8.42 Å². The van der Waals surface area contributed by atoms with Crippen LogP contribution in [0.25, 0.3) is 0 Å². The zero-order valence-corrected chi connectivity index (χ0v) is 13.1. The van der Waals surface area contributed by atoms with Gasteiger partial charge in [-0.15, -0.1) is 0 Å². The summed E-state index contributed by atoms with van der Waals surface area (Å²) in [7, 11) is -2.55. The number of nitrogens with one attached hydrogen (secondary N) is 1. The summed E-state index contributed by atoms with van der Waals surface area (Å²) in [4.78, 5) is 11.8. The first-order valence-electron chi connectivity index (χ1n) is 6.71. The molecule has 6 nitrogen and oxygen atoms in total. The van der Waals surface area contributed by atoms with Crippen LogP contribution in [-0.4, -0.2) is 34.1 Å². The summed E-state index contributed by atoms with van der Waals surface area (Å²) < 4.78 is 37.2. The average molecular weight is 313 g/mol. The van der Waals surface area contributed by atoms with E-state index in [-0.39, 0.29) is 10.8 Å². The largest absolute Gasteiger partial charge is 0.493 e. The van der Waals surface area contributed by atoms with Gasteiger partial charge in [0.25, 0.3) is 0 Å². The molecule has 1 aromatic rings. The van der Waals surface area contributed by atoms with Crippen LogP contribution in [0.4, 0.5) is 0 Å². The second-order valence-electron chi connectivity index (χ2n) is 5.23. The number of hydrogen-bond donors (Lipinski definition) is 1. The van der Waals surface area contributed by atoms with Gasteiger partial charge in [0.05, 0.1) is 18.6 Å². The molecule has 2 rings (SSSR count). The van der Waals surface area contributed by atoms with Crippen molar-refractivity contribution in [3.05, 3.63) is 23.8 Å². The molecule has 1 heterocycles. The third kappa shape index (κ3) is 3.36. The molecule has 0 bridgehead atoms. The highest BCUT2D eigenvalue weighted by atomic mass is 32.2. The minimum Gasteiger partial charge on any atom is -0.493 e. The lowest BCUT2D eigenvalue weighted by Crippen LogP contribution is -2.44. The minimum atomic E-state index is -3.79. The standard InChI is InChI=1S/C14H19NO5S/c1-9(2)13(14(16)19-3)15-21(17,18)11-4-5-12-10(8-11)6-7-20-12/h4-5,8-9,13,15H,6-7H2,1-3H3. The number of sulfonamides is 1. The van der Waals surface area contributed by atoms with Crippen molar-refractivity contribution < 1.29 is 22.7 Å². The molecule has 116 valence electrons. The van der Waals surface area contributed by atoms with E-state index in [4.69, 9.17) is 4.74 Å². The maximum Gasteiger partial charge on any atom is 0.324 e. The second-order valence-corrected chi connectivity index (χ2v) is 6.95. The fraction of sp³-hybridized carbons (Fsp3) is 0.500. The summed E-state index contributed by atoms with van der Waals surface area (Å²) in [6, 6.07) is 3.78. The molecular weight excluding hydrogens is 294 g/mol. The minimum absolute atomic E-state index is 0.126. The van der Waals surface area contributed by atoms with Gasteiger partial charge in [-0.2, -0.15) is 4.72 Å². The van der Waals surface area contributed by atoms with E-state index in [2.05, 4.69) is 9.46 Å². The van der Waals surface area contributed by atoms with Crippen LogP contribution in [-0.2, 0) is 26.0 Å². The molecule has 1 N–H and O–H groups in total. The van der Waals surface area contributed by atoms with Crippen molar-refractivity contribution in [3.8, 4) is 5.75 Å². The van der Waals surface area contributed by atoms with E-state index in [1.54, 1.807) is 26.0 Å². The zero-order chi connectivity index (χ0) is 15.6. The van der Waals surface area contributed by atoms with Gasteiger partial charge < -0.3 is 9.47 Å². The van der Waals surface area contributed by atoms with E-state index in [1.165, 1.54) is 13.2 Å². The van der Waals surface area contributed by atoms with Gasteiger partial charge >= 0.3 is 5.97 Å². The summed E-state index contributed by atoms with van der Waals surface area (Å²) >= 11 is 0. The fourth-order valence-electron chi connectivity index (χ4n) is 2.15. The first-order chi connectivity index (χ1) is 9.85. The first-order valence-corrected chi connectivity index (χ1v) is 8.19. The number of carbonyl (C=O) groups excluding carboxylic acids is 1. The number of rotatable bonds is 5. The van der Waals surface area contributed by atoms with Gasteiger partial charge in [0.2, 0.25) is 10.0 Å². The van der Waals surface area contributed by atoms with Crippen LogP contribution in [0, 0.1) is 5.92 Å². The maximum absolute atomic E-state index is 12.4. The maximum atomic E-state index is 12.4. The third-order valence-corrected chi connectivity index (χ3v) is 4.81. The molecule has 1 aliphatic heterocycles. The molecule has 1 aromatic carbocycles. The van der Waals surface area contributed by atoms with Crippen molar-refractivity contribution in [3.63, 3.8) is 0 Å². The number of ether oxygens (including phenoxy) is 2. The van der Waals surface area contributed by atoms with E-state index in [0.717, 1.165) is 5.56 Å². The summed E-state index contributed by atoms with van der Waals surface area (Å²) in [5, 5.41) is 0. The Balaban J connectivity index is 2.27. The highest BCUT2D eigenvalue weighted by Crippen LogP contribution is 2.27. The molecule has 0 amide bonds. The second kappa shape index (κ2) is 6.03. The molecule has 1 unspecified atom stereocenters. The molecule has 0 saturated heterocycles. The van der Waals surface area contributed by atoms with Gasteiger partial charge in [0, 0.05) is 6.42 Å². The Labute approximate surface area is 124 Å². The summed E-state index contributed by atoms with van der Waals surface area (Å²) in [5.41, 5.74) is 0.858. The summed E-state index contributed by atoms with van der Waals surface area (Å²) in [5.74, 6) is -0.106. The van der Waals surface area contributed by atoms with E-state index in [0.29, 0.717) is 18.8 Å². The lowest BCUT2D eigenvalue weighted by Gasteiger charge is -2.19. The monoisotopic (exact) mass is 313 g/mol. The van der Waals surface area contributed by atoms with Gasteiger partial charge in [0.1, 0.15) is 11.8 Å². The van der Waals surface area contributed by atoms with E-state index < -0.39 is 22.0 Å². The van der Waals surface area contributed by atoms with Crippen LogP contribution in [0.3, 0.4) is 0 Å². The molecule has 0 aromatic heterocycles. The summed E-state index contributed by atoms with van der Waals surface area (Å²) in [6.07, 6.45) is 0.684. The lowest BCUT2D eigenvalue weighted by molar-refractivity contribution is -0.143. The molecule has 1 aliphatic rings. The van der Waals surface area contributed by atoms with Gasteiger partial charge in [-0.1, -0.05) is 13.8 Å². The van der Waals surface area contributed by atoms with Crippen molar-refractivity contribution in [2.75, 3.05) is 13.7 Å². The van der Waals surface area contributed by atoms with Crippen molar-refractivity contribution in [1.29, 1.82) is 0 Å². The third-order valence-electron chi connectivity index (χ3n) is 3.38. The van der Waals surface area contributed by atoms with Crippen molar-refractivity contribution in [1.82, 2.24) is 4.72 Å². The normalized spacial score (nSPS) is 15.4. The number of carbonyl (C=O) groups is 1. The Kier molecular flexibility index (Phi) is 4.53. The Morgan fingerprint density at radius 2 is 2.10 bits per heavy atom. The molecule has 1 atom stereocenters. The van der Waals surface area contributed by atoms with E-state index in [1.807, 2.05) is 0 Å². The first kappa shape index (κ1) is 15.8. The Morgan fingerprint density at radius 1 is 1.38 bits per heavy atom. The highest BCUT2D eigenvalue weighted by Gasteiger charge is 2.29. The molecule has 0 saturated carbocycles. The van der Waals surface area contributed by atoms with Crippen molar-refractivity contribution >= 4 is 16.0 Å². The number of benzene rings is 1. The molecule has 0 fully saturated rings. The predicted molar refractivity (Wildman–Crippen MR) is 76.6 cm³/mol. The van der Waals surface area contributed by atoms with Gasteiger partial charge in [-0.05, 0) is 29.7 Å². The molecule has 7 heteroatoms. The Bertz CT molecular complexity index is 639. The fourth-order valence-corrected chi connectivity index (χ4v) is 3.53. The number of methoxy groups -OCH3 is 1. The number of fused-ring (bicyclic) bond motifs is 1. The van der Waals surface area contributed by atoms with Crippen LogP contribution in [0.5, 0.6) is 5.75 Å². The molecule has 0 radical (unpaired) electrons. The number of hydrogen-bond acceptors (Lipinski definition) is 5. The average Bonchev–Trinajstić information content (AvgIpc) is 2.91. The van der Waals surface area contributed by atoms with Gasteiger partial charge in [0.15, 0.2) is 0 Å². The summed E-state index contributed by atoms with van der Waals surface area (Å²) in [6.45, 7) is 4.06. The van der Waals surface area contributed by atoms with E-state index in [9.17, 15) is 13.2 Å². The predicted octanol–water partition coefficient (Wildman–Crippen LogP) is 1.10. The topological polar surface area (TPSA) is 81.7 Å². The Morgan fingerprint density at radius 3 is 2.71 bits per heavy atom. The van der Waals surface area contributed by atoms with Crippen LogP contribution in [0.1, 0.15) is 19.4 Å². The van der Waals surface area contributed by atoms with Crippen LogP contribution in [0.15, 0.2) is 23.1 Å². The quantitative estimate of drug-likeness (QED) is 0.823. The molecule has 0 aliphatic carbocycles. The van der Waals surface area contributed by atoms with Gasteiger partial charge in [-0.3, -0.25) is 4.79 Å². The smallest absolute Gasteiger partial charge is 0.324 e. The lowest BCUT2D eigenvalue weighted by atomic mass is 10.1. The van der Waals surface area contributed by atoms with Crippen LogP contribution < -0.4 is 9.46 Å². The SMILES string of the molecule is COC(=O)C(NS(=O)(=O)c1ccc2c(c1)CCO2)C(C)C. The molecular formula is C14H19NO5S. The van der Waals surface area contributed by atoms with Crippen LogP contribution >= 0.6 is 0 Å². The van der Waals surface area contributed by atoms with Crippen molar-refractivity contribution in [2.24, 2.45) is 5.92 Å². The Hall–Kier alpha value is -1.60. The molecule has 21 heavy (non-hydrogen) atoms. The molecule has 0 spiro atoms. The van der Waals surface area contributed by atoms with E-state index >= 15 is 0 Å². The van der Waals surface area contributed by atoms with Crippen molar-refractivity contribution in [2.45, 2.75) is 31.2 Å². The van der Waals surface area contributed by atoms with Crippen LogP contribution in [0.2, 0.25) is 0 Å². The number of esters is 1. The highest BCUT2D eigenvalue weighted by molar-refractivity contribution is 7.89. The zero-order valence-electron chi connectivity index (χ0n) is 12.3.